The fraction of sp³-hybridized carbons (Fsp3) is 0.214. The predicted molar refractivity (Wildman–Crippen MR) is 148 cm³/mol. The molecule has 4 heterocycles. The molecule has 39 heavy (non-hydrogen) atoms. The van der Waals surface area contributed by atoms with E-state index >= 15 is 0 Å². The van der Waals surface area contributed by atoms with Crippen molar-refractivity contribution in [2.75, 3.05) is 23.8 Å². The summed E-state index contributed by atoms with van der Waals surface area (Å²) in [6, 6.07) is 18.3. The number of rotatable bonds is 8. The standard InChI is InChI=1S/C28H25ClN6O4/c29-19-3-1-18(2-4-19)17-35-27(36)25-23(31-21-10-14-37-15-11-21)9-13-30-26(25)33-28(35)32-20-5-7-22(8-6-20)39-24-12-16-38-34-24/h1-9,12-13,16,21H,10-11,14-15,17H2,(H2,30,31,32,33). The summed E-state index contributed by atoms with van der Waals surface area (Å²) in [5.74, 6) is 1.31. The summed E-state index contributed by atoms with van der Waals surface area (Å²) in [7, 11) is 0. The molecular formula is C28H25ClN6O4. The molecule has 1 fully saturated rings. The summed E-state index contributed by atoms with van der Waals surface area (Å²) in [5.41, 5.74) is 2.50. The van der Waals surface area contributed by atoms with Gasteiger partial charge in [-0.15, -0.1) is 0 Å². The van der Waals surface area contributed by atoms with Gasteiger partial charge in [-0.05, 0) is 66.0 Å². The zero-order valence-electron chi connectivity index (χ0n) is 20.8. The maximum Gasteiger partial charge on any atom is 0.266 e. The molecule has 1 aliphatic rings. The third kappa shape index (κ3) is 5.71. The Kier molecular flexibility index (Phi) is 7.11. The van der Waals surface area contributed by atoms with E-state index in [-0.39, 0.29) is 11.6 Å². The maximum absolute atomic E-state index is 14.0. The highest BCUT2D eigenvalue weighted by atomic mass is 35.5. The summed E-state index contributed by atoms with van der Waals surface area (Å²) < 4.78 is 17.6. The van der Waals surface area contributed by atoms with Crippen molar-refractivity contribution in [3.8, 4) is 11.6 Å². The lowest BCUT2D eigenvalue weighted by molar-refractivity contribution is 0.0905. The number of nitrogens with zero attached hydrogens (tertiary/aromatic N) is 4. The van der Waals surface area contributed by atoms with E-state index < -0.39 is 0 Å². The summed E-state index contributed by atoms with van der Waals surface area (Å²) >= 11 is 6.10. The van der Waals surface area contributed by atoms with Crippen molar-refractivity contribution in [3.05, 3.63) is 94.1 Å². The lowest BCUT2D eigenvalue weighted by atomic mass is 10.1. The van der Waals surface area contributed by atoms with E-state index in [1.165, 1.54) is 6.26 Å². The SMILES string of the molecule is O=c1c2c(NC3CCOCC3)ccnc2nc(Nc2ccc(Oc3ccon3)cc2)n1Cc1ccc(Cl)cc1. The smallest absolute Gasteiger partial charge is 0.266 e. The van der Waals surface area contributed by atoms with E-state index in [1.54, 1.807) is 41.1 Å². The van der Waals surface area contributed by atoms with Crippen LogP contribution in [0, 0.1) is 0 Å². The van der Waals surface area contributed by atoms with Crippen LogP contribution in [0.1, 0.15) is 18.4 Å². The Morgan fingerprint density at radius 1 is 1.03 bits per heavy atom. The first-order valence-corrected chi connectivity index (χ1v) is 12.9. The first-order valence-electron chi connectivity index (χ1n) is 12.6. The van der Waals surface area contributed by atoms with Crippen LogP contribution < -0.4 is 20.9 Å². The molecule has 1 aliphatic heterocycles. The van der Waals surface area contributed by atoms with Crippen molar-refractivity contribution >= 4 is 40.0 Å². The molecule has 2 N–H and O–H groups in total. The summed E-state index contributed by atoms with van der Waals surface area (Å²) in [4.78, 5) is 23.2. The lowest BCUT2D eigenvalue weighted by Gasteiger charge is -2.24. The van der Waals surface area contributed by atoms with E-state index in [2.05, 4.69) is 20.8 Å². The molecule has 0 atom stereocenters. The van der Waals surface area contributed by atoms with Crippen molar-refractivity contribution in [3.63, 3.8) is 0 Å². The Morgan fingerprint density at radius 3 is 2.56 bits per heavy atom. The van der Waals surface area contributed by atoms with Crippen LogP contribution in [0.25, 0.3) is 11.0 Å². The number of anilines is 3. The number of pyridine rings is 1. The normalized spacial score (nSPS) is 13.9. The fourth-order valence-electron chi connectivity index (χ4n) is 4.45. The topological polar surface area (TPSA) is 116 Å². The van der Waals surface area contributed by atoms with Gasteiger partial charge in [-0.2, -0.15) is 4.98 Å². The van der Waals surface area contributed by atoms with Gasteiger partial charge in [-0.25, -0.2) is 4.98 Å². The molecule has 198 valence electrons. The Morgan fingerprint density at radius 2 is 1.82 bits per heavy atom. The van der Waals surface area contributed by atoms with Crippen LogP contribution in [-0.2, 0) is 11.3 Å². The average Bonchev–Trinajstić information content (AvgIpc) is 3.47. The highest BCUT2D eigenvalue weighted by Gasteiger charge is 2.19. The number of hydrogen-bond acceptors (Lipinski definition) is 9. The number of halogens is 1. The van der Waals surface area contributed by atoms with Crippen LogP contribution >= 0.6 is 11.6 Å². The molecule has 6 rings (SSSR count). The number of aromatic nitrogens is 4. The van der Waals surface area contributed by atoms with Crippen LogP contribution in [-0.4, -0.2) is 38.9 Å². The quantitative estimate of drug-likeness (QED) is 0.257. The second kappa shape index (κ2) is 11.1. The first kappa shape index (κ1) is 24.9. The van der Waals surface area contributed by atoms with Crippen molar-refractivity contribution in [1.82, 2.24) is 19.7 Å². The first-order chi connectivity index (χ1) is 19.1. The molecule has 0 bridgehead atoms. The summed E-state index contributed by atoms with van der Waals surface area (Å²) in [6.07, 6.45) is 4.84. The van der Waals surface area contributed by atoms with Gasteiger partial charge >= 0.3 is 0 Å². The Hall–Kier alpha value is -4.41. The van der Waals surface area contributed by atoms with Gasteiger partial charge in [0.05, 0.1) is 12.2 Å². The molecule has 0 unspecified atom stereocenters. The second-order valence-corrected chi connectivity index (χ2v) is 9.57. The van der Waals surface area contributed by atoms with Gasteiger partial charge in [0.15, 0.2) is 5.65 Å². The van der Waals surface area contributed by atoms with E-state index in [0.29, 0.717) is 53.4 Å². The third-order valence-electron chi connectivity index (χ3n) is 6.44. The fourth-order valence-corrected chi connectivity index (χ4v) is 4.57. The zero-order chi connectivity index (χ0) is 26.6. The van der Waals surface area contributed by atoms with Crippen LogP contribution in [0.4, 0.5) is 17.3 Å². The van der Waals surface area contributed by atoms with Gasteiger partial charge in [0.1, 0.15) is 17.4 Å². The molecule has 10 nitrogen and oxygen atoms in total. The van der Waals surface area contributed by atoms with Gasteiger partial charge in [-0.3, -0.25) is 9.36 Å². The zero-order valence-corrected chi connectivity index (χ0v) is 21.6. The summed E-state index contributed by atoms with van der Waals surface area (Å²) in [5, 5.41) is 11.6. The molecule has 3 aromatic heterocycles. The molecular weight excluding hydrogens is 520 g/mol. The van der Waals surface area contributed by atoms with Gasteiger partial charge < -0.3 is 24.6 Å². The van der Waals surface area contributed by atoms with E-state index in [4.69, 9.17) is 30.6 Å². The minimum absolute atomic E-state index is 0.203. The Bertz CT molecular complexity index is 1620. The molecule has 0 saturated carbocycles. The molecule has 5 aromatic rings. The molecule has 0 spiro atoms. The highest BCUT2D eigenvalue weighted by Crippen LogP contribution is 2.26. The lowest BCUT2D eigenvalue weighted by Crippen LogP contribution is -2.30. The number of benzene rings is 2. The highest BCUT2D eigenvalue weighted by molar-refractivity contribution is 6.30. The van der Waals surface area contributed by atoms with E-state index in [9.17, 15) is 4.79 Å². The van der Waals surface area contributed by atoms with Crippen LogP contribution in [0.3, 0.4) is 0 Å². The van der Waals surface area contributed by atoms with E-state index in [0.717, 1.165) is 29.8 Å². The van der Waals surface area contributed by atoms with E-state index in [1.807, 2.05) is 30.3 Å². The minimum Gasteiger partial charge on any atom is -0.436 e. The molecule has 1 saturated heterocycles. The van der Waals surface area contributed by atoms with Gasteiger partial charge in [-0.1, -0.05) is 23.7 Å². The Labute approximate surface area is 228 Å². The third-order valence-corrected chi connectivity index (χ3v) is 6.69. The van der Waals surface area contributed by atoms with Gasteiger partial charge in [0.2, 0.25) is 5.95 Å². The predicted octanol–water partition coefficient (Wildman–Crippen LogP) is 5.61. The largest absolute Gasteiger partial charge is 0.436 e. The molecule has 2 aromatic carbocycles. The molecule has 0 aliphatic carbocycles. The number of nitrogens with one attached hydrogen (secondary N) is 2. The van der Waals surface area contributed by atoms with Crippen molar-refractivity contribution in [1.29, 1.82) is 0 Å². The van der Waals surface area contributed by atoms with Crippen LogP contribution in [0.2, 0.25) is 5.02 Å². The summed E-state index contributed by atoms with van der Waals surface area (Å²) in [6.45, 7) is 1.67. The van der Waals surface area contributed by atoms with Gasteiger partial charge in [0.25, 0.3) is 11.4 Å². The van der Waals surface area contributed by atoms with Gasteiger partial charge in [0, 0.05) is 42.2 Å². The van der Waals surface area contributed by atoms with Crippen LogP contribution in [0.15, 0.2) is 82.4 Å². The molecule has 0 amide bonds. The Balaban J connectivity index is 1.37. The van der Waals surface area contributed by atoms with Crippen LogP contribution in [0.5, 0.6) is 11.6 Å². The second-order valence-electron chi connectivity index (χ2n) is 9.13. The number of hydrogen-bond donors (Lipinski definition) is 2. The average molecular weight is 545 g/mol. The minimum atomic E-state index is -0.203. The van der Waals surface area contributed by atoms with Crippen molar-refractivity contribution in [2.24, 2.45) is 0 Å². The maximum atomic E-state index is 14.0. The number of ether oxygens (including phenoxy) is 2. The molecule has 0 radical (unpaired) electrons. The molecule has 11 heteroatoms. The number of fused-ring (bicyclic) bond motifs is 1. The van der Waals surface area contributed by atoms with Crippen molar-refractivity contribution in [2.45, 2.75) is 25.4 Å². The van der Waals surface area contributed by atoms with Crippen molar-refractivity contribution < 1.29 is 14.0 Å². The monoisotopic (exact) mass is 544 g/mol.